The van der Waals surface area contributed by atoms with Crippen molar-refractivity contribution in [2.75, 3.05) is 0 Å². The standard InChI is InChI=1S/C20H16O4/c21-15-9-5-13(6-10-15)20(14-7-11-16(22)12-8-14)17-3-1-2-4-18(17)24-19(20)23/h1-11,16,21-22H,12H2. The van der Waals surface area contributed by atoms with Crippen molar-refractivity contribution < 1.29 is 19.7 Å². The van der Waals surface area contributed by atoms with Gasteiger partial charge >= 0.3 is 5.97 Å². The summed E-state index contributed by atoms with van der Waals surface area (Å²) in [5.74, 6) is 0.301. The maximum Gasteiger partial charge on any atom is 0.331 e. The predicted molar refractivity (Wildman–Crippen MR) is 88.8 cm³/mol. The summed E-state index contributed by atoms with van der Waals surface area (Å²) in [5.41, 5.74) is 1.19. The van der Waals surface area contributed by atoms with E-state index >= 15 is 0 Å². The van der Waals surface area contributed by atoms with E-state index in [4.69, 9.17) is 4.74 Å². The summed E-state index contributed by atoms with van der Waals surface area (Å²) in [6.07, 6.45) is 5.25. The molecule has 0 spiro atoms. The third-order valence-electron chi connectivity index (χ3n) is 4.61. The SMILES string of the molecule is O=C1Oc2ccccc2C1(C1=CCC(O)C=C1)c1ccc(O)cc1. The molecule has 4 nitrogen and oxygen atoms in total. The summed E-state index contributed by atoms with van der Waals surface area (Å²) >= 11 is 0. The van der Waals surface area contributed by atoms with Crippen molar-refractivity contribution in [2.24, 2.45) is 0 Å². The van der Waals surface area contributed by atoms with Crippen LogP contribution in [0.15, 0.2) is 72.3 Å². The van der Waals surface area contributed by atoms with Gasteiger partial charge in [0.05, 0.1) is 6.10 Å². The first kappa shape index (κ1) is 14.7. The Kier molecular flexibility index (Phi) is 3.28. The first-order valence-electron chi connectivity index (χ1n) is 7.80. The molecule has 2 N–H and O–H groups in total. The second-order valence-electron chi connectivity index (χ2n) is 6.00. The van der Waals surface area contributed by atoms with E-state index in [0.717, 1.165) is 16.7 Å². The largest absolute Gasteiger partial charge is 0.508 e. The maximum absolute atomic E-state index is 13.0. The number of carbonyl (C=O) groups excluding carboxylic acids is 1. The molecule has 1 aliphatic heterocycles. The quantitative estimate of drug-likeness (QED) is 0.659. The molecule has 24 heavy (non-hydrogen) atoms. The summed E-state index contributed by atoms with van der Waals surface area (Å²) in [5, 5.41) is 19.4. The Morgan fingerprint density at radius 3 is 2.54 bits per heavy atom. The fourth-order valence-electron chi connectivity index (χ4n) is 3.46. The first-order chi connectivity index (χ1) is 11.6. The Morgan fingerprint density at radius 1 is 1.08 bits per heavy atom. The first-order valence-corrected chi connectivity index (χ1v) is 7.80. The number of esters is 1. The van der Waals surface area contributed by atoms with Crippen molar-refractivity contribution in [3.8, 4) is 11.5 Å². The van der Waals surface area contributed by atoms with Crippen LogP contribution in [0, 0.1) is 0 Å². The number of aliphatic hydroxyl groups is 1. The average molecular weight is 320 g/mol. The fourth-order valence-corrected chi connectivity index (χ4v) is 3.46. The van der Waals surface area contributed by atoms with Crippen LogP contribution < -0.4 is 4.74 Å². The highest BCUT2D eigenvalue weighted by Gasteiger charge is 2.52. The van der Waals surface area contributed by atoms with Crippen LogP contribution in [0.2, 0.25) is 0 Å². The number of aromatic hydroxyl groups is 1. The van der Waals surface area contributed by atoms with Crippen molar-refractivity contribution in [1.29, 1.82) is 0 Å². The number of hydrogen-bond acceptors (Lipinski definition) is 4. The van der Waals surface area contributed by atoms with E-state index in [0.29, 0.717) is 12.2 Å². The number of benzene rings is 2. The minimum Gasteiger partial charge on any atom is -0.508 e. The molecular weight excluding hydrogens is 304 g/mol. The minimum atomic E-state index is -1.08. The van der Waals surface area contributed by atoms with Gasteiger partial charge in [-0.2, -0.15) is 0 Å². The lowest BCUT2D eigenvalue weighted by molar-refractivity contribution is -0.135. The molecule has 4 rings (SSSR count). The maximum atomic E-state index is 13.0. The highest BCUT2D eigenvalue weighted by Crippen LogP contribution is 2.50. The number of aliphatic hydroxyl groups excluding tert-OH is 1. The highest BCUT2D eigenvalue weighted by molar-refractivity contribution is 5.98. The van der Waals surface area contributed by atoms with Gasteiger partial charge in [0.2, 0.25) is 0 Å². The molecule has 0 radical (unpaired) electrons. The molecule has 2 aromatic rings. The lowest BCUT2D eigenvalue weighted by Gasteiger charge is -2.30. The predicted octanol–water partition coefficient (Wildman–Crippen LogP) is 2.84. The van der Waals surface area contributed by atoms with E-state index in [-0.39, 0.29) is 11.7 Å². The molecule has 0 saturated heterocycles. The van der Waals surface area contributed by atoms with Crippen LogP contribution in [0.1, 0.15) is 17.5 Å². The lowest BCUT2D eigenvalue weighted by Crippen LogP contribution is -2.37. The summed E-state index contributed by atoms with van der Waals surface area (Å²) in [7, 11) is 0. The zero-order chi connectivity index (χ0) is 16.7. The van der Waals surface area contributed by atoms with Crippen molar-refractivity contribution >= 4 is 5.97 Å². The Hall–Kier alpha value is -2.85. The van der Waals surface area contributed by atoms with Gasteiger partial charge < -0.3 is 14.9 Å². The van der Waals surface area contributed by atoms with E-state index in [1.807, 2.05) is 24.3 Å². The number of fused-ring (bicyclic) bond motifs is 1. The van der Waals surface area contributed by atoms with Crippen molar-refractivity contribution in [3.63, 3.8) is 0 Å². The van der Waals surface area contributed by atoms with Crippen LogP contribution in [0.3, 0.4) is 0 Å². The van der Waals surface area contributed by atoms with Gasteiger partial charge in [-0.1, -0.05) is 48.6 Å². The molecule has 2 atom stereocenters. The van der Waals surface area contributed by atoms with E-state index in [1.54, 1.807) is 42.5 Å². The van der Waals surface area contributed by atoms with Crippen molar-refractivity contribution in [1.82, 2.24) is 0 Å². The van der Waals surface area contributed by atoms with Gasteiger partial charge in [-0.15, -0.1) is 0 Å². The number of allylic oxidation sites excluding steroid dienone is 1. The molecule has 2 aromatic carbocycles. The van der Waals surface area contributed by atoms with E-state index in [2.05, 4.69) is 0 Å². The van der Waals surface area contributed by atoms with Gasteiger partial charge in [0, 0.05) is 5.56 Å². The fraction of sp³-hybridized carbons (Fsp3) is 0.150. The minimum absolute atomic E-state index is 0.136. The number of para-hydroxylation sites is 1. The van der Waals surface area contributed by atoms with E-state index in [1.165, 1.54) is 0 Å². The monoisotopic (exact) mass is 320 g/mol. The second-order valence-corrected chi connectivity index (χ2v) is 6.00. The average Bonchev–Trinajstić information content (AvgIpc) is 2.89. The summed E-state index contributed by atoms with van der Waals surface area (Å²) in [4.78, 5) is 13.0. The molecule has 0 saturated carbocycles. The van der Waals surface area contributed by atoms with Crippen LogP contribution in [-0.2, 0) is 10.2 Å². The Labute approximate surface area is 139 Å². The normalized spacial score (nSPS) is 25.1. The van der Waals surface area contributed by atoms with Crippen LogP contribution >= 0.6 is 0 Å². The van der Waals surface area contributed by atoms with Gasteiger partial charge in [0.1, 0.15) is 16.9 Å². The topological polar surface area (TPSA) is 66.8 Å². The van der Waals surface area contributed by atoms with Crippen LogP contribution in [0.4, 0.5) is 0 Å². The molecule has 0 amide bonds. The number of phenolic OH excluding ortho intramolecular Hbond substituents is 1. The second kappa shape index (κ2) is 5.35. The van der Waals surface area contributed by atoms with Crippen LogP contribution in [0.5, 0.6) is 11.5 Å². The highest BCUT2D eigenvalue weighted by atomic mass is 16.5. The number of phenols is 1. The van der Waals surface area contributed by atoms with Crippen molar-refractivity contribution in [3.05, 3.63) is 83.5 Å². The summed E-state index contributed by atoms with van der Waals surface area (Å²) in [6.45, 7) is 0. The Bertz CT molecular complexity index is 863. The molecule has 1 heterocycles. The third kappa shape index (κ3) is 2.00. The Morgan fingerprint density at radius 2 is 1.83 bits per heavy atom. The molecule has 0 fully saturated rings. The number of hydrogen-bond donors (Lipinski definition) is 2. The molecule has 0 aromatic heterocycles. The molecular formula is C20H16O4. The van der Waals surface area contributed by atoms with Gasteiger partial charge in [-0.25, -0.2) is 4.79 Å². The molecule has 1 aliphatic carbocycles. The van der Waals surface area contributed by atoms with Gasteiger partial charge in [0.25, 0.3) is 0 Å². The van der Waals surface area contributed by atoms with Gasteiger partial charge in [0.15, 0.2) is 0 Å². The van der Waals surface area contributed by atoms with Gasteiger partial charge in [-0.3, -0.25) is 0 Å². The number of carbonyl (C=O) groups is 1. The Balaban J connectivity index is 1.99. The molecule has 0 bridgehead atoms. The van der Waals surface area contributed by atoms with Crippen LogP contribution in [-0.4, -0.2) is 22.3 Å². The van der Waals surface area contributed by atoms with Crippen molar-refractivity contribution in [2.45, 2.75) is 17.9 Å². The van der Waals surface area contributed by atoms with E-state index < -0.39 is 11.5 Å². The zero-order valence-electron chi connectivity index (χ0n) is 12.8. The molecule has 4 heteroatoms. The van der Waals surface area contributed by atoms with Gasteiger partial charge in [-0.05, 0) is 35.8 Å². The summed E-state index contributed by atoms with van der Waals surface area (Å²) in [6, 6.07) is 14.0. The number of rotatable bonds is 2. The van der Waals surface area contributed by atoms with Crippen LogP contribution in [0.25, 0.3) is 0 Å². The molecule has 2 aliphatic rings. The zero-order valence-corrected chi connectivity index (χ0v) is 12.8. The third-order valence-corrected chi connectivity index (χ3v) is 4.61. The number of ether oxygens (including phenoxy) is 1. The molecule has 120 valence electrons. The van der Waals surface area contributed by atoms with E-state index in [9.17, 15) is 15.0 Å². The molecule has 2 unspecified atom stereocenters. The summed E-state index contributed by atoms with van der Waals surface area (Å²) < 4.78 is 5.55. The smallest absolute Gasteiger partial charge is 0.331 e. The lowest BCUT2D eigenvalue weighted by atomic mass is 9.68.